The summed E-state index contributed by atoms with van der Waals surface area (Å²) in [5.41, 5.74) is 2.80. The van der Waals surface area contributed by atoms with E-state index in [0.29, 0.717) is 12.8 Å². The molecule has 10 nitrogen and oxygen atoms in total. The Labute approximate surface area is 209 Å². The van der Waals surface area contributed by atoms with E-state index in [9.17, 15) is 19.5 Å². The Hall–Kier alpha value is -1.75. The van der Waals surface area contributed by atoms with E-state index < -0.39 is 52.6 Å². The number of aliphatic carboxylic acids is 2. The lowest BCUT2D eigenvalue weighted by Gasteiger charge is -2.50. The van der Waals surface area contributed by atoms with Gasteiger partial charge in [-0.1, -0.05) is 41.5 Å². The maximum Gasteiger partial charge on any atom is 0.337 e. The Balaban J connectivity index is 5.42. The molecular weight excluding hydrogens is 458 g/mol. The molecule has 10 heteroatoms. The van der Waals surface area contributed by atoms with Crippen LogP contribution in [0.5, 0.6) is 0 Å². The Morgan fingerprint density at radius 2 is 1.29 bits per heavy atom. The van der Waals surface area contributed by atoms with Crippen LogP contribution in [0.3, 0.4) is 0 Å². The summed E-state index contributed by atoms with van der Waals surface area (Å²) >= 11 is 0. The molecule has 206 valence electrons. The van der Waals surface area contributed by atoms with E-state index in [0.717, 1.165) is 0 Å². The maximum absolute atomic E-state index is 12.5. The van der Waals surface area contributed by atoms with Crippen LogP contribution in [-0.4, -0.2) is 78.4 Å². The lowest BCUT2D eigenvalue weighted by molar-refractivity contribution is -0.214. The average molecular weight is 506 g/mol. The number of rotatable bonds is 15. The van der Waals surface area contributed by atoms with Gasteiger partial charge < -0.3 is 34.9 Å². The highest BCUT2D eigenvalue weighted by Gasteiger charge is 2.58. The number of carbonyl (C=O) groups excluding carboxylic acids is 1. The Bertz CT molecular complexity index is 673. The van der Waals surface area contributed by atoms with Crippen molar-refractivity contribution in [3.05, 3.63) is 0 Å². The predicted molar refractivity (Wildman–Crippen MR) is 131 cm³/mol. The number of ether oxygens (including phenoxy) is 4. The van der Waals surface area contributed by atoms with Crippen LogP contribution in [0.2, 0.25) is 0 Å². The third kappa shape index (κ3) is 11.2. The molecule has 0 bridgehead atoms. The van der Waals surface area contributed by atoms with Crippen molar-refractivity contribution in [2.45, 2.75) is 92.4 Å². The second kappa shape index (κ2) is 13.5. The molecule has 0 heterocycles. The molecule has 0 fully saturated rings. The van der Waals surface area contributed by atoms with Crippen molar-refractivity contribution in [3.8, 4) is 0 Å². The third-order valence-corrected chi connectivity index (χ3v) is 5.63. The standard InChI is InChI=1S/C25H47NO9/c1-22(2,3)25(21(30)31,23(4,5)6)34-14-17(18(26)11-13-32-15-19(27)28)10-12-33-16-20(29)35-24(7,8)9/h17-18H,10-16,26H2,1-9H3,(H,27,28)(H,30,31). The first-order valence-electron chi connectivity index (χ1n) is 12.0. The van der Waals surface area contributed by atoms with Gasteiger partial charge >= 0.3 is 17.9 Å². The van der Waals surface area contributed by atoms with Crippen LogP contribution in [-0.2, 0) is 33.3 Å². The van der Waals surface area contributed by atoms with Crippen LogP contribution in [0, 0.1) is 16.7 Å². The van der Waals surface area contributed by atoms with Crippen LogP contribution in [0.15, 0.2) is 0 Å². The summed E-state index contributed by atoms with van der Waals surface area (Å²) in [5, 5.41) is 19.0. The van der Waals surface area contributed by atoms with Crippen molar-refractivity contribution >= 4 is 17.9 Å². The summed E-state index contributed by atoms with van der Waals surface area (Å²) in [4.78, 5) is 35.1. The van der Waals surface area contributed by atoms with Crippen LogP contribution < -0.4 is 5.73 Å². The topological polar surface area (TPSA) is 155 Å². The van der Waals surface area contributed by atoms with Crippen LogP contribution in [0.25, 0.3) is 0 Å². The average Bonchev–Trinajstić information content (AvgIpc) is 2.62. The van der Waals surface area contributed by atoms with Crippen molar-refractivity contribution in [3.63, 3.8) is 0 Å². The predicted octanol–water partition coefficient (Wildman–Crippen LogP) is 3.10. The largest absolute Gasteiger partial charge is 0.480 e. The quantitative estimate of drug-likeness (QED) is 0.223. The maximum atomic E-state index is 12.5. The van der Waals surface area contributed by atoms with Gasteiger partial charge in [-0.2, -0.15) is 0 Å². The molecule has 0 saturated carbocycles. The summed E-state index contributed by atoms with van der Waals surface area (Å²) in [6.45, 7) is 16.0. The normalized spacial score (nSPS) is 14.9. The first-order valence-corrected chi connectivity index (χ1v) is 12.0. The van der Waals surface area contributed by atoms with Crippen molar-refractivity contribution in [2.24, 2.45) is 22.5 Å². The van der Waals surface area contributed by atoms with Gasteiger partial charge in [-0.05, 0) is 39.5 Å². The first kappa shape index (κ1) is 33.2. The van der Waals surface area contributed by atoms with Gasteiger partial charge in [-0.15, -0.1) is 0 Å². The molecule has 0 aromatic rings. The fourth-order valence-corrected chi connectivity index (χ4v) is 4.29. The Kier molecular flexibility index (Phi) is 12.9. The summed E-state index contributed by atoms with van der Waals surface area (Å²) < 4.78 is 22.0. The van der Waals surface area contributed by atoms with E-state index in [1.807, 2.05) is 41.5 Å². The molecule has 0 radical (unpaired) electrons. The third-order valence-electron chi connectivity index (χ3n) is 5.63. The minimum Gasteiger partial charge on any atom is -0.480 e. The van der Waals surface area contributed by atoms with Gasteiger partial charge in [0.05, 0.1) is 6.61 Å². The van der Waals surface area contributed by atoms with Crippen LogP contribution >= 0.6 is 0 Å². The Morgan fingerprint density at radius 3 is 1.71 bits per heavy atom. The van der Waals surface area contributed by atoms with E-state index in [1.165, 1.54) is 0 Å². The number of carboxylic acids is 2. The van der Waals surface area contributed by atoms with Gasteiger partial charge in [-0.25, -0.2) is 14.4 Å². The molecular formula is C25H47NO9. The van der Waals surface area contributed by atoms with E-state index in [1.54, 1.807) is 20.8 Å². The molecule has 0 spiro atoms. The van der Waals surface area contributed by atoms with E-state index in [-0.39, 0.29) is 32.3 Å². The van der Waals surface area contributed by atoms with E-state index in [2.05, 4.69) is 0 Å². The minimum atomic E-state index is -1.50. The molecule has 0 aromatic heterocycles. The number of nitrogens with two attached hydrogens (primary N) is 1. The van der Waals surface area contributed by atoms with Gasteiger partial charge in [0, 0.05) is 30.1 Å². The summed E-state index contributed by atoms with van der Waals surface area (Å²) in [7, 11) is 0. The van der Waals surface area contributed by atoms with Gasteiger partial charge in [0.15, 0.2) is 5.60 Å². The highest BCUT2D eigenvalue weighted by atomic mass is 16.6. The second-order valence-corrected chi connectivity index (χ2v) is 11.9. The molecule has 0 aliphatic carbocycles. The number of esters is 1. The zero-order chi connectivity index (χ0) is 27.7. The lowest BCUT2D eigenvalue weighted by atomic mass is 9.62. The van der Waals surface area contributed by atoms with Crippen LogP contribution in [0.1, 0.15) is 75.2 Å². The second-order valence-electron chi connectivity index (χ2n) is 11.9. The molecule has 0 aromatic carbocycles. The molecule has 0 amide bonds. The smallest absolute Gasteiger partial charge is 0.337 e. The van der Waals surface area contributed by atoms with Crippen molar-refractivity contribution in [1.29, 1.82) is 0 Å². The SMILES string of the molecule is CC(C)(C)OC(=O)COCCC(COC(C(=O)O)(C(C)(C)C)C(C)(C)C)C(N)CCOCC(=O)O. The molecule has 2 atom stereocenters. The van der Waals surface area contributed by atoms with E-state index in [4.69, 9.17) is 29.8 Å². The molecule has 0 saturated heterocycles. The van der Waals surface area contributed by atoms with Crippen molar-refractivity contribution < 1.29 is 43.5 Å². The first-order chi connectivity index (χ1) is 15.7. The van der Waals surface area contributed by atoms with Gasteiger partial charge in [0.1, 0.15) is 18.8 Å². The fraction of sp³-hybridized carbons (Fsp3) is 0.880. The molecule has 4 N–H and O–H groups in total. The summed E-state index contributed by atoms with van der Waals surface area (Å²) in [5.74, 6) is -2.95. The number of carboxylic acid groups (broad SMARTS) is 2. The number of carbonyl (C=O) groups is 3. The highest BCUT2D eigenvalue weighted by Crippen LogP contribution is 2.47. The van der Waals surface area contributed by atoms with Crippen molar-refractivity contribution in [2.75, 3.05) is 33.0 Å². The minimum absolute atomic E-state index is 0.0384. The molecule has 0 aliphatic rings. The summed E-state index contributed by atoms with van der Waals surface area (Å²) in [6.07, 6.45) is 0.741. The van der Waals surface area contributed by atoms with Gasteiger partial charge in [-0.3, -0.25) is 0 Å². The highest BCUT2D eigenvalue weighted by molar-refractivity contribution is 5.79. The zero-order valence-electron chi connectivity index (χ0n) is 22.9. The zero-order valence-corrected chi connectivity index (χ0v) is 22.9. The fourth-order valence-electron chi connectivity index (χ4n) is 4.29. The van der Waals surface area contributed by atoms with Crippen LogP contribution in [0.4, 0.5) is 0 Å². The monoisotopic (exact) mass is 505 g/mol. The van der Waals surface area contributed by atoms with E-state index >= 15 is 0 Å². The van der Waals surface area contributed by atoms with Crippen molar-refractivity contribution in [1.82, 2.24) is 0 Å². The lowest BCUT2D eigenvalue weighted by Crippen LogP contribution is -2.61. The molecule has 0 rings (SSSR count). The molecule has 0 aliphatic heterocycles. The number of hydrogen-bond donors (Lipinski definition) is 3. The molecule has 35 heavy (non-hydrogen) atoms. The summed E-state index contributed by atoms with van der Waals surface area (Å²) in [6, 6.07) is -0.472. The molecule has 2 unspecified atom stereocenters. The Morgan fingerprint density at radius 1 is 0.800 bits per heavy atom. The van der Waals surface area contributed by atoms with Gasteiger partial charge in [0.25, 0.3) is 0 Å². The van der Waals surface area contributed by atoms with Gasteiger partial charge in [0.2, 0.25) is 0 Å². The number of hydrogen-bond acceptors (Lipinski definition) is 8.